The summed E-state index contributed by atoms with van der Waals surface area (Å²) < 4.78 is 17.2. The van der Waals surface area contributed by atoms with Gasteiger partial charge in [0, 0.05) is 11.6 Å². The second-order valence-corrected chi connectivity index (χ2v) is 7.12. The first kappa shape index (κ1) is 18.8. The van der Waals surface area contributed by atoms with E-state index in [1.165, 1.54) is 18.4 Å². The molecule has 0 unspecified atom stereocenters. The monoisotopic (exact) mass is 406 g/mol. The van der Waals surface area contributed by atoms with Crippen LogP contribution in [0, 0.1) is 0 Å². The molecular formula is C22H18N2O4S. The third kappa shape index (κ3) is 4.14. The Morgan fingerprint density at radius 1 is 0.897 bits per heavy atom. The van der Waals surface area contributed by atoms with Gasteiger partial charge in [-0.3, -0.25) is 10.1 Å². The molecule has 29 heavy (non-hydrogen) atoms. The first-order chi connectivity index (χ1) is 14.2. The van der Waals surface area contributed by atoms with Crippen molar-refractivity contribution >= 4 is 32.6 Å². The van der Waals surface area contributed by atoms with Crippen LogP contribution in [0.4, 0.5) is 5.13 Å². The molecule has 0 bridgehead atoms. The van der Waals surface area contributed by atoms with Gasteiger partial charge in [0.05, 0.1) is 24.4 Å². The van der Waals surface area contributed by atoms with Gasteiger partial charge in [0.25, 0.3) is 5.91 Å². The zero-order chi connectivity index (χ0) is 20.2. The quantitative estimate of drug-likeness (QED) is 0.467. The molecule has 146 valence electrons. The summed E-state index contributed by atoms with van der Waals surface area (Å²) in [4.78, 5) is 17.1. The number of ether oxygens (including phenoxy) is 3. The van der Waals surface area contributed by atoms with Gasteiger partial charge in [0.1, 0.15) is 11.5 Å². The third-order valence-corrected chi connectivity index (χ3v) is 5.14. The third-order valence-electron chi connectivity index (χ3n) is 4.21. The summed E-state index contributed by atoms with van der Waals surface area (Å²) in [6.07, 6.45) is 0. The highest BCUT2D eigenvalue weighted by Crippen LogP contribution is 2.32. The van der Waals surface area contributed by atoms with E-state index in [0.717, 1.165) is 16.0 Å². The van der Waals surface area contributed by atoms with E-state index in [4.69, 9.17) is 14.2 Å². The Kier molecular flexibility index (Phi) is 5.31. The number of aromatic nitrogens is 1. The van der Waals surface area contributed by atoms with Crippen LogP contribution in [-0.2, 0) is 0 Å². The number of thiazole rings is 1. The van der Waals surface area contributed by atoms with E-state index in [1.54, 1.807) is 25.3 Å². The van der Waals surface area contributed by atoms with Gasteiger partial charge >= 0.3 is 0 Å². The summed E-state index contributed by atoms with van der Waals surface area (Å²) in [6.45, 7) is 0. The van der Waals surface area contributed by atoms with Crippen molar-refractivity contribution in [1.82, 2.24) is 4.98 Å². The lowest BCUT2D eigenvalue weighted by molar-refractivity contribution is 0.102. The molecule has 3 aromatic carbocycles. The molecule has 0 aliphatic heterocycles. The maximum atomic E-state index is 12.6. The average Bonchev–Trinajstić information content (AvgIpc) is 3.15. The summed E-state index contributed by atoms with van der Waals surface area (Å²) >= 11 is 1.38. The Morgan fingerprint density at radius 3 is 2.45 bits per heavy atom. The van der Waals surface area contributed by atoms with E-state index < -0.39 is 0 Å². The molecule has 4 rings (SSSR count). The number of methoxy groups -OCH3 is 2. The van der Waals surface area contributed by atoms with E-state index in [1.807, 2.05) is 48.5 Å². The fourth-order valence-electron chi connectivity index (χ4n) is 2.79. The predicted molar refractivity (Wildman–Crippen MR) is 114 cm³/mol. The Morgan fingerprint density at radius 2 is 1.69 bits per heavy atom. The van der Waals surface area contributed by atoms with Crippen LogP contribution >= 0.6 is 11.3 Å². The Labute approximate surface area is 171 Å². The Bertz CT molecular complexity index is 1160. The number of nitrogens with zero attached hydrogens (tertiary/aromatic N) is 1. The molecule has 0 atom stereocenters. The smallest absolute Gasteiger partial charge is 0.257 e. The van der Waals surface area contributed by atoms with Crippen molar-refractivity contribution in [3.63, 3.8) is 0 Å². The van der Waals surface area contributed by atoms with Crippen molar-refractivity contribution in [2.45, 2.75) is 0 Å². The number of fused-ring (bicyclic) bond motifs is 1. The molecule has 0 fully saturated rings. The molecule has 7 heteroatoms. The Balaban J connectivity index is 1.53. The summed E-state index contributed by atoms with van der Waals surface area (Å²) in [5.41, 5.74) is 1.24. The molecule has 6 nitrogen and oxygen atoms in total. The zero-order valence-corrected chi connectivity index (χ0v) is 16.7. The molecule has 0 aliphatic carbocycles. The lowest BCUT2D eigenvalue weighted by Gasteiger charge is -2.09. The highest BCUT2D eigenvalue weighted by atomic mass is 32.1. The van der Waals surface area contributed by atoms with Crippen LogP contribution in [0.3, 0.4) is 0 Å². The van der Waals surface area contributed by atoms with E-state index in [9.17, 15) is 4.79 Å². The Hall–Kier alpha value is -3.58. The summed E-state index contributed by atoms with van der Waals surface area (Å²) in [7, 11) is 3.08. The standard InChI is InChI=1S/C22H18N2O4S/c1-26-18-11-8-14(12-19(18)27-2)21(25)24-22-23-17-10-9-16(13-20(17)29-22)28-15-6-4-3-5-7-15/h3-13H,1-2H3,(H,23,24,25). The molecular weight excluding hydrogens is 388 g/mol. The number of para-hydroxylation sites is 1. The number of carbonyl (C=O) groups excluding carboxylic acids is 1. The second-order valence-electron chi connectivity index (χ2n) is 6.09. The normalized spacial score (nSPS) is 10.6. The van der Waals surface area contributed by atoms with Gasteiger partial charge in [0.2, 0.25) is 0 Å². The lowest BCUT2D eigenvalue weighted by atomic mass is 10.2. The van der Waals surface area contributed by atoms with Crippen molar-refractivity contribution in [3.8, 4) is 23.0 Å². The van der Waals surface area contributed by atoms with Crippen molar-refractivity contribution in [2.75, 3.05) is 19.5 Å². The number of hydrogen-bond acceptors (Lipinski definition) is 6. The fraction of sp³-hybridized carbons (Fsp3) is 0.0909. The van der Waals surface area contributed by atoms with Crippen molar-refractivity contribution < 1.29 is 19.0 Å². The van der Waals surface area contributed by atoms with Crippen LogP contribution in [0.15, 0.2) is 66.7 Å². The SMILES string of the molecule is COc1ccc(C(=O)Nc2nc3ccc(Oc4ccccc4)cc3s2)cc1OC. The maximum absolute atomic E-state index is 12.6. The van der Waals surface area contributed by atoms with Crippen molar-refractivity contribution in [2.24, 2.45) is 0 Å². The van der Waals surface area contributed by atoms with Gasteiger partial charge in [-0.15, -0.1) is 0 Å². The van der Waals surface area contributed by atoms with E-state index >= 15 is 0 Å². The largest absolute Gasteiger partial charge is 0.493 e. The number of hydrogen-bond donors (Lipinski definition) is 1. The van der Waals surface area contributed by atoms with Crippen LogP contribution in [0.5, 0.6) is 23.0 Å². The van der Waals surface area contributed by atoms with Gasteiger partial charge in [-0.05, 0) is 42.5 Å². The minimum absolute atomic E-state index is 0.272. The van der Waals surface area contributed by atoms with Crippen molar-refractivity contribution in [3.05, 3.63) is 72.3 Å². The molecule has 0 spiro atoms. The second kappa shape index (κ2) is 8.20. The minimum atomic E-state index is -0.272. The predicted octanol–water partition coefficient (Wildman–Crippen LogP) is 5.36. The van der Waals surface area contributed by atoms with Gasteiger partial charge in [-0.1, -0.05) is 29.5 Å². The zero-order valence-electron chi connectivity index (χ0n) is 15.8. The van der Waals surface area contributed by atoms with E-state index in [0.29, 0.717) is 27.9 Å². The summed E-state index contributed by atoms with van der Waals surface area (Å²) in [5.74, 6) is 2.26. The highest BCUT2D eigenvalue weighted by molar-refractivity contribution is 7.22. The molecule has 1 N–H and O–H groups in total. The lowest BCUT2D eigenvalue weighted by Crippen LogP contribution is -2.11. The molecule has 4 aromatic rings. The summed E-state index contributed by atoms with van der Waals surface area (Å²) in [6, 6.07) is 20.2. The number of anilines is 1. The topological polar surface area (TPSA) is 69.7 Å². The fourth-order valence-corrected chi connectivity index (χ4v) is 3.68. The van der Waals surface area contributed by atoms with E-state index in [-0.39, 0.29) is 5.91 Å². The van der Waals surface area contributed by atoms with Crippen LogP contribution in [-0.4, -0.2) is 25.1 Å². The van der Waals surface area contributed by atoms with Crippen LogP contribution in [0.2, 0.25) is 0 Å². The average molecular weight is 406 g/mol. The van der Waals surface area contributed by atoms with Crippen molar-refractivity contribution in [1.29, 1.82) is 0 Å². The highest BCUT2D eigenvalue weighted by Gasteiger charge is 2.13. The maximum Gasteiger partial charge on any atom is 0.257 e. The minimum Gasteiger partial charge on any atom is -0.493 e. The van der Waals surface area contributed by atoms with Gasteiger partial charge in [-0.2, -0.15) is 0 Å². The van der Waals surface area contributed by atoms with Crippen LogP contribution < -0.4 is 19.5 Å². The molecule has 0 saturated carbocycles. The first-order valence-corrected chi connectivity index (χ1v) is 9.65. The van der Waals surface area contributed by atoms with E-state index in [2.05, 4.69) is 10.3 Å². The number of amides is 1. The van der Waals surface area contributed by atoms with Gasteiger partial charge in [-0.25, -0.2) is 4.98 Å². The molecule has 0 aliphatic rings. The molecule has 1 heterocycles. The van der Waals surface area contributed by atoms with Gasteiger partial charge in [0.15, 0.2) is 16.6 Å². The van der Waals surface area contributed by atoms with Crippen LogP contribution in [0.25, 0.3) is 10.2 Å². The van der Waals surface area contributed by atoms with Gasteiger partial charge < -0.3 is 14.2 Å². The first-order valence-electron chi connectivity index (χ1n) is 8.83. The number of benzene rings is 3. The molecule has 1 amide bonds. The molecule has 0 radical (unpaired) electrons. The molecule has 0 saturated heterocycles. The number of rotatable bonds is 6. The number of carbonyl (C=O) groups is 1. The van der Waals surface area contributed by atoms with Crippen LogP contribution in [0.1, 0.15) is 10.4 Å². The summed E-state index contributed by atoms with van der Waals surface area (Å²) in [5, 5.41) is 3.35. The molecule has 1 aromatic heterocycles. The number of nitrogens with one attached hydrogen (secondary N) is 1.